The van der Waals surface area contributed by atoms with Gasteiger partial charge in [0.05, 0.1) is 6.54 Å². The van der Waals surface area contributed by atoms with Crippen LogP contribution in [0.4, 0.5) is 0 Å². The molecule has 5 nitrogen and oxygen atoms in total. The molecule has 0 spiro atoms. The number of benzene rings is 1. The first-order valence-electron chi connectivity index (χ1n) is 5.74. The number of carboxylic acids is 1. The van der Waals surface area contributed by atoms with Gasteiger partial charge in [0, 0.05) is 6.54 Å². The van der Waals surface area contributed by atoms with Gasteiger partial charge in [-0.3, -0.25) is 14.5 Å². The Morgan fingerprint density at radius 3 is 2.50 bits per heavy atom. The average Bonchev–Trinajstić information content (AvgIpc) is 2.36. The third-order valence-electron chi connectivity index (χ3n) is 2.74. The molecule has 1 aromatic carbocycles. The zero-order chi connectivity index (χ0) is 13.5. The number of hydrogen-bond acceptors (Lipinski definition) is 3. The van der Waals surface area contributed by atoms with Gasteiger partial charge in [-0.05, 0) is 19.5 Å². The molecule has 2 N–H and O–H groups in total. The molecule has 5 heteroatoms. The minimum Gasteiger partial charge on any atom is -0.480 e. The SMILES string of the molecule is CC(C(=O)O)N(C)CC(=O)NCc1ccccc1. The normalized spacial score (nSPS) is 12.2. The maximum absolute atomic E-state index is 11.6. The van der Waals surface area contributed by atoms with Crippen molar-refractivity contribution >= 4 is 11.9 Å². The van der Waals surface area contributed by atoms with Crippen molar-refractivity contribution in [2.75, 3.05) is 13.6 Å². The van der Waals surface area contributed by atoms with E-state index in [0.29, 0.717) is 6.54 Å². The molecule has 98 valence electrons. The number of carbonyl (C=O) groups excluding carboxylic acids is 1. The van der Waals surface area contributed by atoms with Gasteiger partial charge in [0.15, 0.2) is 0 Å². The number of carboxylic acid groups (broad SMARTS) is 1. The van der Waals surface area contributed by atoms with E-state index in [-0.39, 0.29) is 12.5 Å². The molecule has 0 heterocycles. The second-order valence-corrected chi connectivity index (χ2v) is 4.19. The molecule has 1 unspecified atom stereocenters. The Balaban J connectivity index is 2.36. The quantitative estimate of drug-likeness (QED) is 0.780. The summed E-state index contributed by atoms with van der Waals surface area (Å²) in [6, 6.07) is 8.88. The lowest BCUT2D eigenvalue weighted by atomic mass is 10.2. The fourth-order valence-corrected chi connectivity index (χ4v) is 1.40. The van der Waals surface area contributed by atoms with E-state index in [1.165, 1.54) is 4.90 Å². The molecule has 0 aliphatic rings. The van der Waals surface area contributed by atoms with Crippen LogP contribution in [0.15, 0.2) is 30.3 Å². The van der Waals surface area contributed by atoms with Crippen LogP contribution in [0, 0.1) is 0 Å². The summed E-state index contributed by atoms with van der Waals surface area (Å²) < 4.78 is 0. The van der Waals surface area contributed by atoms with E-state index in [1.54, 1.807) is 14.0 Å². The first-order valence-corrected chi connectivity index (χ1v) is 5.74. The second-order valence-electron chi connectivity index (χ2n) is 4.19. The molecule has 0 bridgehead atoms. The van der Waals surface area contributed by atoms with Gasteiger partial charge in [-0.25, -0.2) is 0 Å². The standard InChI is InChI=1S/C13H18N2O3/c1-10(13(17)18)15(2)9-12(16)14-8-11-6-4-3-5-7-11/h3-7,10H,8-9H2,1-2H3,(H,14,16)(H,17,18). The number of hydrogen-bond donors (Lipinski definition) is 2. The minimum atomic E-state index is -0.937. The molecule has 1 atom stereocenters. The summed E-state index contributed by atoms with van der Waals surface area (Å²) in [5.41, 5.74) is 1.01. The van der Waals surface area contributed by atoms with Gasteiger partial charge in [-0.15, -0.1) is 0 Å². The van der Waals surface area contributed by atoms with Gasteiger partial charge in [0.1, 0.15) is 6.04 Å². The van der Waals surface area contributed by atoms with Crippen molar-refractivity contribution in [3.63, 3.8) is 0 Å². The van der Waals surface area contributed by atoms with Gasteiger partial charge < -0.3 is 10.4 Å². The summed E-state index contributed by atoms with van der Waals surface area (Å²) in [7, 11) is 1.61. The zero-order valence-electron chi connectivity index (χ0n) is 10.6. The van der Waals surface area contributed by atoms with Crippen LogP contribution in [0.5, 0.6) is 0 Å². The van der Waals surface area contributed by atoms with Crippen LogP contribution in [-0.4, -0.2) is 41.5 Å². The highest BCUT2D eigenvalue weighted by Crippen LogP contribution is 1.98. The Labute approximate surface area is 106 Å². The molecule has 1 aromatic rings. The van der Waals surface area contributed by atoms with Gasteiger partial charge >= 0.3 is 5.97 Å². The summed E-state index contributed by atoms with van der Waals surface area (Å²) in [5, 5.41) is 11.5. The van der Waals surface area contributed by atoms with Crippen molar-refractivity contribution in [1.82, 2.24) is 10.2 Å². The molecule has 1 amide bonds. The molecule has 0 fully saturated rings. The molecule has 0 aliphatic carbocycles. The summed E-state index contributed by atoms with van der Waals surface area (Å²) in [6.07, 6.45) is 0. The van der Waals surface area contributed by atoms with Crippen molar-refractivity contribution < 1.29 is 14.7 Å². The fraction of sp³-hybridized carbons (Fsp3) is 0.385. The molecule has 0 radical (unpaired) electrons. The highest BCUT2D eigenvalue weighted by atomic mass is 16.4. The number of amides is 1. The molecular formula is C13H18N2O3. The van der Waals surface area contributed by atoms with Crippen LogP contribution in [-0.2, 0) is 16.1 Å². The maximum Gasteiger partial charge on any atom is 0.320 e. The number of carbonyl (C=O) groups is 2. The molecule has 0 saturated carbocycles. The van der Waals surface area contributed by atoms with Crippen LogP contribution in [0.25, 0.3) is 0 Å². The predicted octanol–water partition coefficient (Wildman–Crippen LogP) is 0.708. The van der Waals surface area contributed by atoms with E-state index < -0.39 is 12.0 Å². The lowest BCUT2D eigenvalue weighted by molar-refractivity contribution is -0.142. The number of likely N-dealkylation sites (N-methyl/N-ethyl adjacent to an activating group) is 1. The second kappa shape index (κ2) is 6.76. The first kappa shape index (κ1) is 14.2. The largest absolute Gasteiger partial charge is 0.480 e. The highest BCUT2D eigenvalue weighted by molar-refractivity contribution is 5.79. The average molecular weight is 250 g/mol. The Kier molecular flexibility index (Phi) is 5.32. The fourth-order valence-electron chi connectivity index (χ4n) is 1.40. The Morgan fingerprint density at radius 1 is 1.33 bits per heavy atom. The van der Waals surface area contributed by atoms with Gasteiger partial charge in [-0.1, -0.05) is 30.3 Å². The summed E-state index contributed by atoms with van der Waals surface area (Å²) in [4.78, 5) is 23.8. The first-order chi connectivity index (χ1) is 8.50. The number of nitrogens with zero attached hydrogens (tertiary/aromatic N) is 1. The molecule has 0 aliphatic heterocycles. The van der Waals surface area contributed by atoms with Crippen LogP contribution in [0.3, 0.4) is 0 Å². The Bertz CT molecular complexity index is 406. The van der Waals surface area contributed by atoms with E-state index >= 15 is 0 Å². The van der Waals surface area contributed by atoms with Gasteiger partial charge in [0.25, 0.3) is 0 Å². The smallest absolute Gasteiger partial charge is 0.320 e. The number of nitrogens with one attached hydrogen (secondary N) is 1. The monoisotopic (exact) mass is 250 g/mol. The molecule has 0 aromatic heterocycles. The van der Waals surface area contributed by atoms with E-state index in [4.69, 9.17) is 5.11 Å². The van der Waals surface area contributed by atoms with E-state index in [1.807, 2.05) is 30.3 Å². The van der Waals surface area contributed by atoms with Crippen molar-refractivity contribution in [3.05, 3.63) is 35.9 Å². The summed E-state index contributed by atoms with van der Waals surface area (Å²) in [5.74, 6) is -1.12. The van der Waals surface area contributed by atoms with Crippen molar-refractivity contribution in [2.45, 2.75) is 19.5 Å². The summed E-state index contributed by atoms with van der Waals surface area (Å²) in [6.45, 7) is 2.07. The Morgan fingerprint density at radius 2 is 1.94 bits per heavy atom. The van der Waals surface area contributed by atoms with Crippen LogP contribution >= 0.6 is 0 Å². The number of rotatable bonds is 6. The topological polar surface area (TPSA) is 69.6 Å². The van der Waals surface area contributed by atoms with E-state index in [2.05, 4.69) is 5.32 Å². The van der Waals surface area contributed by atoms with Crippen molar-refractivity contribution in [1.29, 1.82) is 0 Å². The van der Waals surface area contributed by atoms with Crippen molar-refractivity contribution in [3.8, 4) is 0 Å². The van der Waals surface area contributed by atoms with E-state index in [0.717, 1.165) is 5.56 Å². The summed E-state index contributed by atoms with van der Waals surface area (Å²) >= 11 is 0. The molecule has 0 saturated heterocycles. The number of aliphatic carboxylic acids is 1. The van der Waals surface area contributed by atoms with E-state index in [9.17, 15) is 9.59 Å². The third kappa shape index (κ3) is 4.55. The van der Waals surface area contributed by atoms with Crippen LogP contribution < -0.4 is 5.32 Å². The predicted molar refractivity (Wildman–Crippen MR) is 68.0 cm³/mol. The molecule has 18 heavy (non-hydrogen) atoms. The minimum absolute atomic E-state index is 0.0697. The zero-order valence-corrected chi connectivity index (χ0v) is 10.6. The lowest BCUT2D eigenvalue weighted by Gasteiger charge is -2.20. The third-order valence-corrected chi connectivity index (χ3v) is 2.74. The van der Waals surface area contributed by atoms with Crippen LogP contribution in [0.1, 0.15) is 12.5 Å². The van der Waals surface area contributed by atoms with Crippen molar-refractivity contribution in [2.24, 2.45) is 0 Å². The lowest BCUT2D eigenvalue weighted by Crippen LogP contribution is -2.42. The molecule has 1 rings (SSSR count). The molecular weight excluding hydrogens is 232 g/mol. The highest BCUT2D eigenvalue weighted by Gasteiger charge is 2.18. The maximum atomic E-state index is 11.6. The van der Waals surface area contributed by atoms with Gasteiger partial charge in [0.2, 0.25) is 5.91 Å². The van der Waals surface area contributed by atoms with Crippen LogP contribution in [0.2, 0.25) is 0 Å². The van der Waals surface area contributed by atoms with Gasteiger partial charge in [-0.2, -0.15) is 0 Å². The Hall–Kier alpha value is -1.88.